The van der Waals surface area contributed by atoms with E-state index < -0.39 is 0 Å². The summed E-state index contributed by atoms with van der Waals surface area (Å²) in [5, 5.41) is 1.30. The summed E-state index contributed by atoms with van der Waals surface area (Å²) in [4.78, 5) is 22.0. The van der Waals surface area contributed by atoms with Crippen LogP contribution in [0.5, 0.6) is 0 Å². The third-order valence-corrected chi connectivity index (χ3v) is 9.32. The summed E-state index contributed by atoms with van der Waals surface area (Å²) in [6.45, 7) is 0.803. The molecule has 1 aliphatic heterocycles. The number of nitrogens with one attached hydrogen (secondary N) is 1. The molecule has 0 radical (unpaired) electrons. The van der Waals surface area contributed by atoms with Crippen LogP contribution < -0.4 is 4.90 Å². The molecule has 36 heavy (non-hydrogen) atoms. The van der Waals surface area contributed by atoms with E-state index in [1.54, 1.807) is 6.07 Å². The largest absolute Gasteiger partial charge is 0.375 e. The number of fused-ring (bicyclic) bond motifs is 4. The van der Waals surface area contributed by atoms with Gasteiger partial charge in [-0.25, -0.2) is 4.39 Å². The van der Waals surface area contributed by atoms with Crippen LogP contribution in [0.3, 0.4) is 0 Å². The molecule has 2 fully saturated rings. The Labute approximate surface area is 213 Å². The molecule has 6 rings (SSSR count). The quantitative estimate of drug-likeness (QED) is 0.437. The minimum Gasteiger partial charge on any atom is -0.375 e. The van der Waals surface area contributed by atoms with Gasteiger partial charge in [0.05, 0.1) is 11.2 Å². The van der Waals surface area contributed by atoms with E-state index in [9.17, 15) is 9.18 Å². The van der Waals surface area contributed by atoms with Crippen molar-refractivity contribution in [2.45, 2.75) is 75.7 Å². The lowest BCUT2D eigenvalue weighted by atomic mass is 9.68. The molecule has 2 saturated carbocycles. The molecule has 1 N–H and O–H groups in total. The maximum Gasteiger partial charge on any atom is 0.226 e. The lowest BCUT2D eigenvalue weighted by Gasteiger charge is -2.52. The molecular weight excluding hydrogens is 449 g/mol. The number of nitrogens with zero attached hydrogens (tertiary/aromatic N) is 2. The zero-order chi connectivity index (χ0) is 24.9. The first kappa shape index (κ1) is 23.6. The molecule has 0 atom stereocenters. The number of aromatic nitrogens is 1. The Hall–Kier alpha value is -2.82. The third-order valence-electron chi connectivity index (χ3n) is 9.32. The van der Waals surface area contributed by atoms with Crippen molar-refractivity contribution in [3.05, 3.63) is 65.1 Å². The number of amides is 1. The minimum absolute atomic E-state index is 0.151. The molecular formula is C31H38FN3O. The smallest absolute Gasteiger partial charge is 0.226 e. The van der Waals surface area contributed by atoms with Gasteiger partial charge >= 0.3 is 0 Å². The van der Waals surface area contributed by atoms with Gasteiger partial charge in [0.25, 0.3) is 0 Å². The molecule has 0 saturated heterocycles. The Morgan fingerprint density at radius 1 is 1.00 bits per heavy atom. The molecule has 0 unspecified atom stereocenters. The van der Waals surface area contributed by atoms with Crippen LogP contribution in [0.2, 0.25) is 0 Å². The van der Waals surface area contributed by atoms with Crippen molar-refractivity contribution >= 4 is 22.5 Å². The van der Waals surface area contributed by atoms with Gasteiger partial charge in [0.2, 0.25) is 5.91 Å². The van der Waals surface area contributed by atoms with Crippen LogP contribution in [-0.2, 0) is 16.8 Å². The molecule has 1 aromatic heterocycles. The highest BCUT2D eigenvalue weighted by Crippen LogP contribution is 2.52. The first-order valence-corrected chi connectivity index (χ1v) is 13.9. The number of carbonyl (C=O) groups excluding carboxylic acids is 1. The summed E-state index contributed by atoms with van der Waals surface area (Å²) >= 11 is 0. The third kappa shape index (κ3) is 3.74. The summed E-state index contributed by atoms with van der Waals surface area (Å²) in [6, 6.07) is 14.1. The van der Waals surface area contributed by atoms with Crippen molar-refractivity contribution in [2.24, 2.45) is 5.92 Å². The van der Waals surface area contributed by atoms with Gasteiger partial charge in [-0.1, -0.05) is 49.6 Å². The predicted octanol–water partition coefficient (Wildman–Crippen LogP) is 6.89. The van der Waals surface area contributed by atoms with E-state index in [2.05, 4.69) is 40.2 Å². The Balaban J connectivity index is 1.38. The molecule has 3 aliphatic rings. The number of aromatic amines is 1. The maximum atomic E-state index is 14.8. The highest BCUT2D eigenvalue weighted by Gasteiger charge is 2.50. The van der Waals surface area contributed by atoms with Gasteiger partial charge in [-0.3, -0.25) is 4.79 Å². The second-order valence-electron chi connectivity index (χ2n) is 11.5. The van der Waals surface area contributed by atoms with Crippen molar-refractivity contribution in [1.82, 2.24) is 9.88 Å². The van der Waals surface area contributed by atoms with Gasteiger partial charge in [0.1, 0.15) is 5.82 Å². The van der Waals surface area contributed by atoms with Crippen LogP contribution in [0.4, 0.5) is 10.1 Å². The van der Waals surface area contributed by atoms with E-state index >= 15 is 0 Å². The van der Waals surface area contributed by atoms with Crippen molar-refractivity contribution in [3.8, 4) is 0 Å². The van der Waals surface area contributed by atoms with E-state index in [1.165, 1.54) is 41.4 Å². The van der Waals surface area contributed by atoms with Gasteiger partial charge in [-0.2, -0.15) is 0 Å². The van der Waals surface area contributed by atoms with Crippen molar-refractivity contribution in [2.75, 3.05) is 25.5 Å². The highest BCUT2D eigenvalue weighted by atomic mass is 19.1. The van der Waals surface area contributed by atoms with Crippen LogP contribution >= 0.6 is 0 Å². The zero-order valence-corrected chi connectivity index (χ0v) is 21.7. The van der Waals surface area contributed by atoms with Crippen molar-refractivity contribution in [1.29, 1.82) is 0 Å². The van der Waals surface area contributed by atoms with E-state index in [-0.39, 0.29) is 17.3 Å². The highest BCUT2D eigenvalue weighted by molar-refractivity contribution is 5.87. The number of carbonyl (C=O) groups is 1. The van der Waals surface area contributed by atoms with Crippen LogP contribution in [0.1, 0.15) is 80.5 Å². The van der Waals surface area contributed by atoms with Gasteiger partial charge in [-0.15, -0.1) is 0 Å². The SMILES string of the molecule is CN(C)c1c(F)cccc1C1CCC2(CC1)c1[nH]c3ccccc3c1CCN2C(=O)C1CCCCC1. The number of anilines is 1. The molecule has 2 heterocycles. The Morgan fingerprint density at radius 2 is 1.75 bits per heavy atom. The summed E-state index contributed by atoms with van der Waals surface area (Å²) in [5.41, 5.74) is 5.37. The minimum atomic E-state index is -0.288. The number of halogens is 1. The van der Waals surface area contributed by atoms with Gasteiger partial charge in [0.15, 0.2) is 0 Å². The number of benzene rings is 2. The first-order valence-electron chi connectivity index (χ1n) is 13.9. The average molecular weight is 488 g/mol. The molecule has 0 bridgehead atoms. The maximum absolute atomic E-state index is 14.8. The molecule has 4 nitrogen and oxygen atoms in total. The van der Waals surface area contributed by atoms with Crippen LogP contribution in [-0.4, -0.2) is 36.4 Å². The number of rotatable bonds is 3. The lowest BCUT2D eigenvalue weighted by molar-refractivity contribution is -0.146. The van der Waals surface area contributed by atoms with E-state index in [0.29, 0.717) is 17.5 Å². The summed E-state index contributed by atoms with van der Waals surface area (Å²) in [6.07, 6.45) is 10.3. The predicted molar refractivity (Wildman–Crippen MR) is 144 cm³/mol. The summed E-state index contributed by atoms with van der Waals surface area (Å²) in [7, 11) is 3.85. The molecule has 5 heteroatoms. The van der Waals surface area contributed by atoms with Gasteiger partial charge in [-0.05, 0) is 74.1 Å². The molecule has 190 valence electrons. The van der Waals surface area contributed by atoms with Crippen LogP contribution in [0.25, 0.3) is 10.9 Å². The molecule has 1 amide bonds. The summed E-state index contributed by atoms with van der Waals surface area (Å²) < 4.78 is 14.8. The fourth-order valence-corrected chi connectivity index (χ4v) is 7.58. The fourth-order valence-electron chi connectivity index (χ4n) is 7.58. The molecule has 1 spiro atoms. The molecule has 2 aliphatic carbocycles. The normalized spacial score (nSPS) is 24.8. The Kier molecular flexibility index (Phi) is 6.05. The Morgan fingerprint density at radius 3 is 2.50 bits per heavy atom. The first-order chi connectivity index (χ1) is 17.5. The van der Waals surface area contributed by atoms with Crippen molar-refractivity contribution in [3.63, 3.8) is 0 Å². The number of hydrogen-bond acceptors (Lipinski definition) is 2. The standard InChI is InChI=1S/C31H38FN3O/c1-34(2)28-23(12-8-13-26(28)32)21-15-18-31(19-16-21)29-25(24-11-6-7-14-27(24)33-29)17-20-35(31)30(36)22-9-4-3-5-10-22/h6-8,11-14,21-22,33H,3-5,9-10,15-20H2,1-2H3. The number of H-pyrrole nitrogens is 1. The number of hydrogen-bond donors (Lipinski definition) is 1. The fraction of sp³-hybridized carbons (Fsp3) is 0.516. The van der Waals surface area contributed by atoms with Gasteiger partial charge in [0, 0.05) is 43.2 Å². The summed E-state index contributed by atoms with van der Waals surface area (Å²) in [5.74, 6) is 0.688. The topological polar surface area (TPSA) is 39.3 Å². The Bertz CT molecular complexity index is 1260. The van der Waals surface area contributed by atoms with Crippen LogP contribution in [0, 0.1) is 11.7 Å². The second kappa shape index (κ2) is 9.24. The van der Waals surface area contributed by atoms with E-state index in [4.69, 9.17) is 0 Å². The van der Waals surface area contributed by atoms with Crippen molar-refractivity contribution < 1.29 is 9.18 Å². The molecule has 2 aromatic carbocycles. The lowest BCUT2D eigenvalue weighted by Crippen LogP contribution is -2.56. The van der Waals surface area contributed by atoms with Gasteiger partial charge < -0.3 is 14.8 Å². The van der Waals surface area contributed by atoms with Crippen LogP contribution in [0.15, 0.2) is 42.5 Å². The second-order valence-corrected chi connectivity index (χ2v) is 11.5. The zero-order valence-electron chi connectivity index (χ0n) is 21.7. The monoisotopic (exact) mass is 487 g/mol. The average Bonchev–Trinajstić information content (AvgIpc) is 3.29. The molecule has 3 aromatic rings. The van der Waals surface area contributed by atoms with E-state index in [1.807, 2.05) is 25.1 Å². The number of para-hydroxylation sites is 2. The van der Waals surface area contributed by atoms with E-state index in [0.717, 1.165) is 57.1 Å².